The molecule has 1 aliphatic heterocycles. The zero-order valence-corrected chi connectivity index (χ0v) is 12.3. The molecule has 2 rings (SSSR count). The molecule has 1 amide bonds. The summed E-state index contributed by atoms with van der Waals surface area (Å²) in [7, 11) is 1.88. The van der Waals surface area contributed by atoms with Crippen molar-refractivity contribution in [1.82, 2.24) is 20.4 Å². The first kappa shape index (κ1) is 14.1. The van der Waals surface area contributed by atoms with Crippen LogP contribution in [0, 0.1) is 0 Å². The van der Waals surface area contributed by atoms with Crippen molar-refractivity contribution in [3.63, 3.8) is 0 Å². The first-order valence-electron chi connectivity index (χ1n) is 6.93. The Labute approximate surface area is 114 Å². The van der Waals surface area contributed by atoms with Gasteiger partial charge in [-0.1, -0.05) is 20.8 Å². The van der Waals surface area contributed by atoms with Crippen molar-refractivity contribution in [1.29, 1.82) is 0 Å². The van der Waals surface area contributed by atoms with E-state index in [0.29, 0.717) is 11.7 Å². The van der Waals surface area contributed by atoms with Crippen LogP contribution in [0.4, 0.5) is 0 Å². The average molecular weight is 264 g/mol. The van der Waals surface area contributed by atoms with Gasteiger partial charge in [-0.2, -0.15) is 5.10 Å². The minimum atomic E-state index is -0.0150. The van der Waals surface area contributed by atoms with Crippen molar-refractivity contribution in [3.8, 4) is 0 Å². The molecule has 0 spiro atoms. The van der Waals surface area contributed by atoms with Gasteiger partial charge in [-0.3, -0.25) is 9.89 Å². The van der Waals surface area contributed by atoms with Crippen LogP contribution in [0.15, 0.2) is 6.07 Å². The lowest BCUT2D eigenvalue weighted by atomic mass is 9.92. The summed E-state index contributed by atoms with van der Waals surface area (Å²) in [5.74, 6) is 0.0126. The van der Waals surface area contributed by atoms with Crippen molar-refractivity contribution < 1.29 is 4.79 Å². The molecule has 19 heavy (non-hydrogen) atoms. The zero-order chi connectivity index (χ0) is 14.0. The first-order chi connectivity index (χ1) is 8.89. The normalized spacial score (nSPS) is 17.5. The topological polar surface area (TPSA) is 61.0 Å². The van der Waals surface area contributed by atoms with Crippen LogP contribution in [0.25, 0.3) is 0 Å². The maximum atomic E-state index is 12.4. The van der Waals surface area contributed by atoms with E-state index in [0.717, 1.165) is 31.6 Å². The van der Waals surface area contributed by atoms with Crippen LogP contribution in [0.2, 0.25) is 0 Å². The second kappa shape index (κ2) is 5.33. The number of nitrogens with one attached hydrogen (secondary N) is 2. The van der Waals surface area contributed by atoms with Crippen molar-refractivity contribution >= 4 is 5.91 Å². The largest absolute Gasteiger partial charge is 0.337 e. The van der Waals surface area contributed by atoms with E-state index in [-0.39, 0.29) is 11.3 Å². The molecule has 1 aliphatic rings. The Bertz CT molecular complexity index is 441. The summed E-state index contributed by atoms with van der Waals surface area (Å²) in [6, 6.07) is 2.20. The van der Waals surface area contributed by atoms with Gasteiger partial charge >= 0.3 is 0 Å². The van der Waals surface area contributed by atoms with Crippen LogP contribution in [0.5, 0.6) is 0 Å². The van der Waals surface area contributed by atoms with Crippen molar-refractivity contribution in [2.45, 2.75) is 45.1 Å². The summed E-state index contributed by atoms with van der Waals surface area (Å²) in [6.07, 6.45) is 2.03. The van der Waals surface area contributed by atoms with Crippen LogP contribution in [0.3, 0.4) is 0 Å². The predicted molar refractivity (Wildman–Crippen MR) is 75.3 cm³/mol. The Morgan fingerprint density at radius 1 is 1.37 bits per heavy atom. The molecule has 0 bridgehead atoms. The van der Waals surface area contributed by atoms with Crippen LogP contribution < -0.4 is 5.32 Å². The molecule has 0 aromatic carbocycles. The van der Waals surface area contributed by atoms with Crippen LogP contribution in [-0.2, 0) is 5.41 Å². The van der Waals surface area contributed by atoms with Crippen molar-refractivity contribution in [2.75, 3.05) is 20.1 Å². The number of aromatic amines is 1. The standard InChI is InChI=1S/C14H24N4O/c1-14(2,3)12-9-11(16-17-12)13(19)18(4)10-5-7-15-8-6-10/h9-10,15H,5-8H2,1-4H3,(H,16,17). The molecule has 1 fully saturated rings. The Morgan fingerprint density at radius 3 is 2.53 bits per heavy atom. The van der Waals surface area contributed by atoms with Gasteiger partial charge in [0.1, 0.15) is 5.69 Å². The molecule has 2 N–H and O–H groups in total. The maximum absolute atomic E-state index is 12.4. The monoisotopic (exact) mass is 264 g/mol. The minimum Gasteiger partial charge on any atom is -0.337 e. The number of hydrogen-bond acceptors (Lipinski definition) is 3. The van der Waals surface area contributed by atoms with Gasteiger partial charge in [-0.15, -0.1) is 0 Å². The summed E-state index contributed by atoms with van der Waals surface area (Å²) < 4.78 is 0. The zero-order valence-electron chi connectivity index (χ0n) is 12.3. The summed E-state index contributed by atoms with van der Waals surface area (Å²) in [5.41, 5.74) is 1.50. The quantitative estimate of drug-likeness (QED) is 0.851. The van der Waals surface area contributed by atoms with Crippen LogP contribution in [0.1, 0.15) is 49.8 Å². The Kier molecular flexibility index (Phi) is 3.94. The van der Waals surface area contributed by atoms with E-state index in [2.05, 4.69) is 36.3 Å². The number of aromatic nitrogens is 2. The van der Waals surface area contributed by atoms with E-state index in [4.69, 9.17) is 0 Å². The van der Waals surface area contributed by atoms with E-state index >= 15 is 0 Å². The second-order valence-electron chi connectivity index (χ2n) is 6.31. The highest BCUT2D eigenvalue weighted by molar-refractivity contribution is 5.92. The number of H-pyrrole nitrogens is 1. The smallest absolute Gasteiger partial charge is 0.274 e. The molecular formula is C14H24N4O. The maximum Gasteiger partial charge on any atom is 0.274 e. The minimum absolute atomic E-state index is 0.0126. The molecule has 0 aliphatic carbocycles. The highest BCUT2D eigenvalue weighted by Crippen LogP contribution is 2.21. The van der Waals surface area contributed by atoms with Crippen LogP contribution >= 0.6 is 0 Å². The molecule has 1 aromatic rings. The van der Waals surface area contributed by atoms with Gasteiger partial charge in [0.05, 0.1) is 0 Å². The number of piperidine rings is 1. The van der Waals surface area contributed by atoms with E-state index in [9.17, 15) is 4.79 Å². The van der Waals surface area contributed by atoms with Gasteiger partial charge < -0.3 is 10.2 Å². The van der Waals surface area contributed by atoms with Gasteiger partial charge in [-0.05, 0) is 32.0 Å². The number of carbonyl (C=O) groups excluding carboxylic acids is 1. The number of rotatable bonds is 2. The molecule has 0 atom stereocenters. The summed E-state index contributed by atoms with van der Waals surface area (Å²) in [6.45, 7) is 8.27. The third kappa shape index (κ3) is 3.15. The molecule has 106 valence electrons. The highest BCUT2D eigenvalue weighted by atomic mass is 16.2. The Hall–Kier alpha value is -1.36. The lowest BCUT2D eigenvalue weighted by Gasteiger charge is -2.31. The summed E-state index contributed by atoms with van der Waals surface area (Å²) in [5, 5.41) is 10.5. The fourth-order valence-electron chi connectivity index (χ4n) is 2.36. The summed E-state index contributed by atoms with van der Waals surface area (Å²) in [4.78, 5) is 14.2. The number of amides is 1. The molecule has 0 unspecified atom stereocenters. The van der Waals surface area contributed by atoms with E-state index in [1.807, 2.05) is 18.0 Å². The van der Waals surface area contributed by atoms with E-state index in [1.165, 1.54) is 0 Å². The fraction of sp³-hybridized carbons (Fsp3) is 0.714. The van der Waals surface area contributed by atoms with Gasteiger partial charge in [0.2, 0.25) is 0 Å². The fourth-order valence-corrected chi connectivity index (χ4v) is 2.36. The highest BCUT2D eigenvalue weighted by Gasteiger charge is 2.26. The SMILES string of the molecule is CN(C(=O)c1cc(C(C)(C)C)[nH]n1)C1CCNCC1. The molecule has 1 aromatic heterocycles. The number of hydrogen-bond donors (Lipinski definition) is 2. The lowest BCUT2D eigenvalue weighted by molar-refractivity contribution is 0.0697. The molecule has 2 heterocycles. The molecule has 0 saturated carbocycles. The predicted octanol–water partition coefficient (Wildman–Crippen LogP) is 1.53. The third-order valence-corrected chi connectivity index (χ3v) is 3.78. The molecular weight excluding hydrogens is 240 g/mol. The Morgan fingerprint density at radius 2 is 2.00 bits per heavy atom. The Balaban J connectivity index is 2.08. The van der Waals surface area contributed by atoms with Crippen LogP contribution in [-0.4, -0.2) is 47.2 Å². The second-order valence-corrected chi connectivity index (χ2v) is 6.31. The molecule has 5 nitrogen and oxygen atoms in total. The third-order valence-electron chi connectivity index (χ3n) is 3.78. The van der Waals surface area contributed by atoms with Gasteiger partial charge in [-0.25, -0.2) is 0 Å². The lowest BCUT2D eigenvalue weighted by Crippen LogP contribution is -2.44. The first-order valence-corrected chi connectivity index (χ1v) is 6.93. The van der Waals surface area contributed by atoms with Gasteiger partial charge in [0, 0.05) is 24.2 Å². The average Bonchev–Trinajstić information content (AvgIpc) is 2.87. The molecule has 1 saturated heterocycles. The molecule has 5 heteroatoms. The summed E-state index contributed by atoms with van der Waals surface area (Å²) >= 11 is 0. The molecule has 0 radical (unpaired) electrons. The van der Waals surface area contributed by atoms with Crippen molar-refractivity contribution in [2.24, 2.45) is 0 Å². The van der Waals surface area contributed by atoms with Gasteiger partial charge in [0.15, 0.2) is 0 Å². The van der Waals surface area contributed by atoms with Gasteiger partial charge in [0.25, 0.3) is 5.91 Å². The number of carbonyl (C=O) groups is 1. The van der Waals surface area contributed by atoms with E-state index < -0.39 is 0 Å². The van der Waals surface area contributed by atoms with E-state index in [1.54, 1.807) is 0 Å². The van der Waals surface area contributed by atoms with Crippen molar-refractivity contribution in [3.05, 3.63) is 17.5 Å². The number of nitrogens with zero attached hydrogens (tertiary/aromatic N) is 2.